The first kappa shape index (κ1) is 14.2. The molecule has 0 spiro atoms. The van der Waals surface area contributed by atoms with Gasteiger partial charge in [-0.15, -0.1) is 0 Å². The van der Waals surface area contributed by atoms with E-state index in [1.807, 2.05) is 12.1 Å². The van der Waals surface area contributed by atoms with Crippen LogP contribution in [0.4, 0.5) is 5.69 Å². The number of fused-ring (bicyclic) bond motifs is 1. The fraction of sp³-hybridized carbons (Fsp3) is 0.0714. The summed E-state index contributed by atoms with van der Waals surface area (Å²) in [4.78, 5) is 11.8. The Kier molecular flexibility index (Phi) is 3.60. The monoisotopic (exact) mass is 316 g/mol. The Labute approximate surface area is 127 Å². The van der Waals surface area contributed by atoms with Crippen molar-refractivity contribution in [3.63, 3.8) is 0 Å². The molecule has 2 aromatic heterocycles. The summed E-state index contributed by atoms with van der Waals surface area (Å²) < 4.78 is 32.2. The molecular formula is C14H12N4O3S. The van der Waals surface area contributed by atoms with Crippen LogP contribution >= 0.6 is 0 Å². The normalized spacial score (nSPS) is 11.3. The second-order valence-electron chi connectivity index (χ2n) is 4.37. The lowest BCUT2D eigenvalue weighted by molar-refractivity contribution is 0.375. The van der Waals surface area contributed by atoms with Crippen molar-refractivity contribution in [1.82, 2.24) is 15.0 Å². The highest BCUT2D eigenvalue weighted by atomic mass is 32.2. The molecule has 2 heterocycles. The minimum atomic E-state index is -3.86. The van der Waals surface area contributed by atoms with E-state index in [4.69, 9.17) is 4.74 Å². The molecule has 0 atom stereocenters. The zero-order valence-electron chi connectivity index (χ0n) is 11.6. The fourth-order valence-corrected chi connectivity index (χ4v) is 2.95. The predicted octanol–water partition coefficient (Wildman–Crippen LogP) is 1.83. The van der Waals surface area contributed by atoms with Gasteiger partial charge in [-0.2, -0.15) is 13.4 Å². The van der Waals surface area contributed by atoms with E-state index in [2.05, 4.69) is 19.7 Å². The van der Waals surface area contributed by atoms with Crippen LogP contribution in [0.3, 0.4) is 0 Å². The first-order chi connectivity index (χ1) is 10.6. The first-order valence-corrected chi connectivity index (χ1v) is 7.82. The molecule has 0 unspecified atom stereocenters. The Hall–Kier alpha value is -2.74. The van der Waals surface area contributed by atoms with E-state index < -0.39 is 10.0 Å². The van der Waals surface area contributed by atoms with Gasteiger partial charge in [0.1, 0.15) is 0 Å². The number of rotatable bonds is 4. The number of anilines is 1. The molecule has 1 aromatic carbocycles. The molecule has 0 fully saturated rings. The van der Waals surface area contributed by atoms with Crippen LogP contribution in [0.2, 0.25) is 0 Å². The maximum absolute atomic E-state index is 12.4. The first-order valence-electron chi connectivity index (χ1n) is 6.34. The summed E-state index contributed by atoms with van der Waals surface area (Å²) in [5, 5.41) is 0.662. The summed E-state index contributed by atoms with van der Waals surface area (Å²) in [6.45, 7) is 0. The van der Waals surface area contributed by atoms with Crippen LogP contribution in [-0.4, -0.2) is 30.5 Å². The molecule has 0 saturated carbocycles. The molecule has 0 aliphatic heterocycles. The van der Waals surface area contributed by atoms with Crippen LogP contribution in [0.15, 0.2) is 53.8 Å². The van der Waals surface area contributed by atoms with Crippen molar-refractivity contribution >= 4 is 26.6 Å². The van der Waals surface area contributed by atoms with Gasteiger partial charge in [0.2, 0.25) is 0 Å². The van der Waals surface area contributed by atoms with Gasteiger partial charge in [-0.25, -0.2) is 4.98 Å². The largest absolute Gasteiger partial charge is 0.467 e. The van der Waals surface area contributed by atoms with E-state index in [0.29, 0.717) is 11.2 Å². The molecule has 3 aromatic rings. The van der Waals surface area contributed by atoms with Gasteiger partial charge in [0, 0.05) is 17.8 Å². The average Bonchev–Trinajstić information content (AvgIpc) is 2.55. The van der Waals surface area contributed by atoms with Gasteiger partial charge in [0.05, 0.1) is 18.3 Å². The highest BCUT2D eigenvalue weighted by Gasteiger charge is 2.18. The summed E-state index contributed by atoms with van der Waals surface area (Å²) >= 11 is 0. The van der Waals surface area contributed by atoms with E-state index in [9.17, 15) is 8.42 Å². The third kappa shape index (κ3) is 2.68. The number of nitrogens with one attached hydrogen (secondary N) is 1. The Morgan fingerprint density at radius 3 is 2.68 bits per heavy atom. The van der Waals surface area contributed by atoms with Crippen molar-refractivity contribution in [2.24, 2.45) is 0 Å². The molecule has 8 heteroatoms. The van der Waals surface area contributed by atoms with Crippen molar-refractivity contribution in [1.29, 1.82) is 0 Å². The summed E-state index contributed by atoms with van der Waals surface area (Å²) in [5.41, 5.74) is 0.949. The highest BCUT2D eigenvalue weighted by molar-refractivity contribution is 7.92. The van der Waals surface area contributed by atoms with Gasteiger partial charge in [-0.1, -0.05) is 18.2 Å². The molecule has 0 amide bonds. The highest BCUT2D eigenvalue weighted by Crippen LogP contribution is 2.23. The minimum absolute atomic E-state index is 0.0149. The van der Waals surface area contributed by atoms with E-state index in [0.717, 1.165) is 5.39 Å². The average molecular weight is 316 g/mol. The van der Waals surface area contributed by atoms with Gasteiger partial charge in [-0.05, 0) is 18.2 Å². The molecule has 22 heavy (non-hydrogen) atoms. The summed E-state index contributed by atoms with van der Waals surface area (Å²) in [5.74, 6) is 0. The van der Waals surface area contributed by atoms with Crippen LogP contribution in [0.1, 0.15) is 0 Å². The number of pyridine rings is 1. The summed E-state index contributed by atoms with van der Waals surface area (Å²) in [7, 11) is -2.49. The third-order valence-electron chi connectivity index (χ3n) is 2.94. The zero-order chi connectivity index (χ0) is 15.6. The van der Waals surface area contributed by atoms with Crippen LogP contribution in [0.5, 0.6) is 6.01 Å². The summed E-state index contributed by atoms with van der Waals surface area (Å²) in [6, 6.07) is 10.2. The van der Waals surface area contributed by atoms with Crippen molar-refractivity contribution in [2.75, 3.05) is 11.8 Å². The molecule has 0 saturated heterocycles. The van der Waals surface area contributed by atoms with Crippen molar-refractivity contribution < 1.29 is 13.2 Å². The van der Waals surface area contributed by atoms with Crippen molar-refractivity contribution in [2.45, 2.75) is 5.03 Å². The number of methoxy groups -OCH3 is 1. The molecule has 0 bridgehead atoms. The maximum atomic E-state index is 12.4. The molecule has 3 rings (SSSR count). The molecule has 7 nitrogen and oxygen atoms in total. The molecule has 112 valence electrons. The van der Waals surface area contributed by atoms with Gasteiger partial charge in [0.25, 0.3) is 10.0 Å². The third-order valence-corrected chi connectivity index (χ3v) is 4.21. The number of hydrogen-bond acceptors (Lipinski definition) is 6. The maximum Gasteiger partial charge on any atom is 0.317 e. The van der Waals surface area contributed by atoms with Gasteiger partial charge < -0.3 is 4.74 Å². The van der Waals surface area contributed by atoms with E-state index in [-0.39, 0.29) is 11.0 Å². The molecule has 0 radical (unpaired) electrons. The Bertz CT molecular complexity index is 923. The molecule has 1 N–H and O–H groups in total. The fourth-order valence-electron chi connectivity index (χ4n) is 1.96. The lowest BCUT2D eigenvalue weighted by Crippen LogP contribution is -2.15. The molecular weight excluding hydrogens is 304 g/mol. The number of aromatic nitrogens is 3. The number of para-hydroxylation sites is 1. The minimum Gasteiger partial charge on any atom is -0.467 e. The van der Waals surface area contributed by atoms with Crippen LogP contribution in [-0.2, 0) is 10.0 Å². The van der Waals surface area contributed by atoms with Crippen molar-refractivity contribution in [3.8, 4) is 6.01 Å². The predicted molar refractivity (Wildman–Crippen MR) is 81.1 cm³/mol. The Morgan fingerprint density at radius 1 is 1.05 bits per heavy atom. The van der Waals surface area contributed by atoms with E-state index in [1.165, 1.54) is 19.4 Å². The lowest BCUT2D eigenvalue weighted by atomic mass is 10.2. The Morgan fingerprint density at radius 2 is 1.86 bits per heavy atom. The molecule has 0 aliphatic rings. The van der Waals surface area contributed by atoms with Crippen molar-refractivity contribution in [3.05, 3.63) is 48.8 Å². The number of benzene rings is 1. The van der Waals surface area contributed by atoms with Gasteiger partial charge in [0.15, 0.2) is 5.03 Å². The van der Waals surface area contributed by atoms with E-state index in [1.54, 1.807) is 24.4 Å². The van der Waals surface area contributed by atoms with Gasteiger partial charge >= 0.3 is 6.01 Å². The van der Waals surface area contributed by atoms with Crippen LogP contribution in [0.25, 0.3) is 10.9 Å². The smallest absolute Gasteiger partial charge is 0.317 e. The summed E-state index contributed by atoms with van der Waals surface area (Å²) in [6.07, 6.45) is 2.93. The van der Waals surface area contributed by atoms with Crippen LogP contribution < -0.4 is 9.46 Å². The topological polar surface area (TPSA) is 94.1 Å². The Balaban J connectivity index is 2.03. The quantitative estimate of drug-likeness (QED) is 0.738. The number of ether oxygens (including phenoxy) is 1. The number of sulfonamides is 1. The number of hydrogen-bond donors (Lipinski definition) is 1. The standard InChI is InChI=1S/C14H12N4O3S/c1-21-14-16-9-7-12(17-14)22(19,20)18-11-6-2-4-10-5-3-8-15-13(10)11/h2-9,18H,1H3. The zero-order valence-corrected chi connectivity index (χ0v) is 12.4. The molecule has 0 aliphatic carbocycles. The lowest BCUT2D eigenvalue weighted by Gasteiger charge is -2.09. The second kappa shape index (κ2) is 5.57. The van der Waals surface area contributed by atoms with E-state index >= 15 is 0 Å². The second-order valence-corrected chi connectivity index (χ2v) is 6.00. The SMILES string of the molecule is COc1nccc(S(=O)(=O)Nc2cccc3cccnc23)n1. The number of nitrogens with zero attached hydrogens (tertiary/aromatic N) is 3. The van der Waals surface area contributed by atoms with Gasteiger partial charge in [-0.3, -0.25) is 9.71 Å². The van der Waals surface area contributed by atoms with Crippen LogP contribution in [0, 0.1) is 0 Å².